The molecule has 0 saturated heterocycles. The van der Waals surface area contributed by atoms with Crippen molar-refractivity contribution in [2.45, 2.75) is 64.6 Å². The molecular weight excluding hydrogens is 302 g/mol. The van der Waals surface area contributed by atoms with E-state index >= 15 is 0 Å². The number of para-hydroxylation sites is 1. The van der Waals surface area contributed by atoms with Gasteiger partial charge in [0.25, 0.3) is 0 Å². The van der Waals surface area contributed by atoms with E-state index in [4.69, 9.17) is 9.16 Å². The van der Waals surface area contributed by atoms with Crippen LogP contribution in [0.3, 0.4) is 0 Å². The van der Waals surface area contributed by atoms with Crippen LogP contribution in [0.4, 0.5) is 5.69 Å². The molecular formula is C19H31NO2Si. The SMILES string of the molecule is CC(CO[Si](C)(C)C(C)(C)C)O[C@]1(C)C=Cc2ccccc2N1. The minimum Gasteiger partial charge on any atom is -0.414 e. The second-order valence-corrected chi connectivity index (χ2v) is 13.0. The van der Waals surface area contributed by atoms with Crippen molar-refractivity contribution in [1.82, 2.24) is 0 Å². The maximum absolute atomic E-state index is 6.27. The number of rotatable bonds is 5. The summed E-state index contributed by atoms with van der Waals surface area (Å²) in [6, 6.07) is 8.26. The molecule has 0 aromatic heterocycles. The van der Waals surface area contributed by atoms with Crippen molar-refractivity contribution in [3.63, 3.8) is 0 Å². The highest BCUT2D eigenvalue weighted by atomic mass is 28.4. The van der Waals surface area contributed by atoms with Gasteiger partial charge in [0.05, 0.1) is 12.7 Å². The molecule has 0 bridgehead atoms. The fraction of sp³-hybridized carbons (Fsp3) is 0.579. The van der Waals surface area contributed by atoms with Gasteiger partial charge in [0.1, 0.15) is 0 Å². The van der Waals surface area contributed by atoms with Crippen LogP contribution in [-0.4, -0.2) is 26.8 Å². The Labute approximate surface area is 142 Å². The monoisotopic (exact) mass is 333 g/mol. The van der Waals surface area contributed by atoms with Gasteiger partial charge >= 0.3 is 0 Å². The molecule has 23 heavy (non-hydrogen) atoms. The fourth-order valence-electron chi connectivity index (χ4n) is 2.38. The molecule has 1 aliphatic heterocycles. The maximum Gasteiger partial charge on any atom is 0.192 e. The minimum absolute atomic E-state index is 0.0246. The van der Waals surface area contributed by atoms with Crippen LogP contribution < -0.4 is 5.32 Å². The van der Waals surface area contributed by atoms with Gasteiger partial charge in [-0.15, -0.1) is 0 Å². The molecule has 3 nitrogen and oxygen atoms in total. The van der Waals surface area contributed by atoms with Crippen molar-refractivity contribution in [1.29, 1.82) is 0 Å². The Hall–Kier alpha value is -1.10. The zero-order valence-electron chi connectivity index (χ0n) is 15.6. The molecule has 1 aromatic carbocycles. The van der Waals surface area contributed by atoms with E-state index in [2.05, 4.69) is 77.3 Å². The van der Waals surface area contributed by atoms with E-state index in [0.717, 1.165) is 5.69 Å². The van der Waals surface area contributed by atoms with Crippen molar-refractivity contribution in [2.75, 3.05) is 11.9 Å². The lowest BCUT2D eigenvalue weighted by atomic mass is 10.0. The molecule has 1 aliphatic rings. The number of ether oxygens (including phenoxy) is 1. The first kappa shape index (κ1) is 18.2. The first-order valence-electron chi connectivity index (χ1n) is 8.41. The van der Waals surface area contributed by atoms with Crippen LogP contribution in [-0.2, 0) is 9.16 Å². The van der Waals surface area contributed by atoms with Crippen LogP contribution in [0.2, 0.25) is 18.1 Å². The summed E-state index contributed by atoms with van der Waals surface area (Å²) in [6.07, 6.45) is 4.22. The first-order valence-corrected chi connectivity index (χ1v) is 11.3. The van der Waals surface area contributed by atoms with E-state index in [9.17, 15) is 0 Å². The third-order valence-electron chi connectivity index (χ3n) is 4.86. The van der Waals surface area contributed by atoms with Gasteiger partial charge in [-0.2, -0.15) is 0 Å². The average Bonchev–Trinajstić information content (AvgIpc) is 2.43. The number of hydrogen-bond acceptors (Lipinski definition) is 3. The summed E-state index contributed by atoms with van der Waals surface area (Å²) in [5.74, 6) is 0. The molecule has 2 atom stereocenters. The second-order valence-electron chi connectivity index (χ2n) is 8.15. The number of anilines is 1. The molecule has 0 radical (unpaired) electrons. The predicted molar refractivity (Wildman–Crippen MR) is 101 cm³/mol. The van der Waals surface area contributed by atoms with Crippen LogP contribution in [0.1, 0.15) is 40.2 Å². The highest BCUT2D eigenvalue weighted by molar-refractivity contribution is 6.74. The molecule has 0 aliphatic carbocycles. The molecule has 4 heteroatoms. The van der Waals surface area contributed by atoms with Crippen LogP contribution in [0.15, 0.2) is 30.3 Å². The lowest BCUT2D eigenvalue weighted by Crippen LogP contribution is -2.45. The van der Waals surface area contributed by atoms with Crippen LogP contribution in [0.5, 0.6) is 0 Å². The minimum atomic E-state index is -1.73. The second kappa shape index (κ2) is 6.42. The van der Waals surface area contributed by atoms with E-state index in [-0.39, 0.29) is 11.1 Å². The fourth-order valence-corrected chi connectivity index (χ4v) is 3.46. The Morgan fingerprint density at radius 3 is 2.52 bits per heavy atom. The molecule has 0 amide bonds. The first-order chi connectivity index (χ1) is 10.5. The summed E-state index contributed by atoms with van der Waals surface area (Å²) in [5, 5.41) is 3.70. The van der Waals surface area contributed by atoms with Gasteiger partial charge in [-0.05, 0) is 49.7 Å². The smallest absolute Gasteiger partial charge is 0.192 e. The molecule has 2 rings (SSSR count). The van der Waals surface area contributed by atoms with Crippen LogP contribution in [0, 0.1) is 0 Å². The van der Waals surface area contributed by atoms with E-state index in [1.807, 2.05) is 12.1 Å². The van der Waals surface area contributed by atoms with Crippen molar-refractivity contribution >= 4 is 20.1 Å². The number of benzene rings is 1. The van der Waals surface area contributed by atoms with E-state index < -0.39 is 14.0 Å². The Balaban J connectivity index is 1.95. The van der Waals surface area contributed by atoms with Gasteiger partial charge in [-0.1, -0.05) is 45.0 Å². The summed E-state index contributed by atoms with van der Waals surface area (Å²) >= 11 is 0. The number of fused-ring (bicyclic) bond motifs is 1. The highest BCUT2D eigenvalue weighted by Crippen LogP contribution is 2.37. The Bertz CT molecular complexity index is 577. The lowest BCUT2D eigenvalue weighted by molar-refractivity contribution is -0.0469. The standard InChI is InChI=1S/C19H31NO2Si/c1-15(14-21-23(6,7)18(2,3)4)22-19(5)13-12-16-10-8-9-11-17(16)20-19/h8-13,15,20H,14H2,1-7H3/t15?,19-/m1/s1. The van der Waals surface area contributed by atoms with Crippen molar-refractivity contribution < 1.29 is 9.16 Å². The zero-order chi connectivity index (χ0) is 17.3. The third kappa shape index (κ3) is 4.46. The Kier molecular flexibility index (Phi) is 5.09. The molecule has 0 spiro atoms. The van der Waals surface area contributed by atoms with Crippen LogP contribution >= 0.6 is 0 Å². The third-order valence-corrected chi connectivity index (χ3v) is 9.36. The quantitative estimate of drug-likeness (QED) is 0.745. The predicted octanol–water partition coefficient (Wildman–Crippen LogP) is 5.27. The summed E-state index contributed by atoms with van der Waals surface area (Å²) < 4.78 is 12.5. The number of hydrogen-bond donors (Lipinski definition) is 1. The van der Waals surface area contributed by atoms with E-state index in [1.54, 1.807) is 0 Å². The lowest BCUT2D eigenvalue weighted by Gasteiger charge is -2.39. The maximum atomic E-state index is 6.27. The van der Waals surface area contributed by atoms with Crippen molar-refractivity contribution in [3.8, 4) is 0 Å². The zero-order valence-corrected chi connectivity index (χ0v) is 16.6. The van der Waals surface area contributed by atoms with Gasteiger partial charge in [0, 0.05) is 5.69 Å². The summed E-state index contributed by atoms with van der Waals surface area (Å²) in [7, 11) is -1.73. The molecule has 1 N–H and O–H groups in total. The Morgan fingerprint density at radius 2 is 1.87 bits per heavy atom. The largest absolute Gasteiger partial charge is 0.414 e. The summed E-state index contributed by atoms with van der Waals surface area (Å²) in [4.78, 5) is 0. The molecule has 1 aromatic rings. The van der Waals surface area contributed by atoms with Gasteiger partial charge < -0.3 is 14.5 Å². The normalized spacial score (nSPS) is 22.4. The summed E-state index contributed by atoms with van der Waals surface area (Å²) in [5.41, 5.74) is 1.80. The molecule has 128 valence electrons. The highest BCUT2D eigenvalue weighted by Gasteiger charge is 2.38. The molecule has 1 unspecified atom stereocenters. The molecule has 0 saturated carbocycles. The molecule has 1 heterocycles. The van der Waals surface area contributed by atoms with Gasteiger partial charge in [0.2, 0.25) is 0 Å². The van der Waals surface area contributed by atoms with Crippen molar-refractivity contribution in [2.24, 2.45) is 0 Å². The van der Waals surface area contributed by atoms with Gasteiger partial charge in [0.15, 0.2) is 14.0 Å². The topological polar surface area (TPSA) is 30.5 Å². The summed E-state index contributed by atoms with van der Waals surface area (Å²) in [6.45, 7) is 16.1. The Morgan fingerprint density at radius 1 is 1.22 bits per heavy atom. The van der Waals surface area contributed by atoms with Gasteiger partial charge in [-0.3, -0.25) is 0 Å². The average molecular weight is 334 g/mol. The van der Waals surface area contributed by atoms with Crippen molar-refractivity contribution in [3.05, 3.63) is 35.9 Å². The van der Waals surface area contributed by atoms with Crippen LogP contribution in [0.25, 0.3) is 6.08 Å². The van der Waals surface area contributed by atoms with E-state index in [0.29, 0.717) is 6.61 Å². The van der Waals surface area contributed by atoms with Gasteiger partial charge in [-0.25, -0.2) is 0 Å². The number of nitrogens with one attached hydrogen (secondary N) is 1. The molecule has 0 fully saturated rings. The van der Waals surface area contributed by atoms with E-state index in [1.165, 1.54) is 5.56 Å².